The summed E-state index contributed by atoms with van der Waals surface area (Å²) in [5.74, 6) is 0.533. The molecule has 17 nitrogen and oxygen atoms in total. The zero-order valence-corrected chi connectivity index (χ0v) is 20.6. The zero-order valence-electron chi connectivity index (χ0n) is 19.7. The van der Waals surface area contributed by atoms with E-state index in [1.54, 1.807) is 4.98 Å². The highest BCUT2D eigenvalue weighted by Gasteiger charge is 2.56. The van der Waals surface area contributed by atoms with Crippen LogP contribution in [0.15, 0.2) is 32.8 Å². The molecule has 39 heavy (non-hydrogen) atoms. The van der Waals surface area contributed by atoms with Crippen molar-refractivity contribution in [1.29, 1.82) is 0 Å². The zero-order chi connectivity index (χ0) is 28.7. The summed E-state index contributed by atoms with van der Waals surface area (Å²) in [5.41, 5.74) is -0.224. The number of hydrogen-bond donors (Lipinski definition) is 6. The minimum atomic E-state index is -4.94. The summed E-state index contributed by atoms with van der Waals surface area (Å²) in [6.45, 7) is -1.64. The van der Waals surface area contributed by atoms with Crippen molar-refractivity contribution < 1.29 is 47.7 Å². The smallest absolute Gasteiger partial charge is 0.390 e. The maximum atomic E-state index is 13.6. The predicted molar refractivity (Wildman–Crippen MR) is 124 cm³/mol. The monoisotopic (exact) mass is 575 g/mol. The molecule has 0 aromatic carbocycles. The summed E-state index contributed by atoms with van der Waals surface area (Å²) in [4.78, 5) is 50.5. The van der Waals surface area contributed by atoms with Gasteiger partial charge in [-0.05, 0) is 6.07 Å². The SMILES string of the molecule is C#C[C@@]1(O)[C@@H](COP(=O)(O)OC[C@H]2O[C@@H](n3cc(F)c(=O)[nH]c3=O)C[C@@H]2O)O[C@@H](n2ccc(N)nc2=O)[C@@H]1O. The molecular formula is C20H23FN5O12P. The Balaban J connectivity index is 1.38. The largest absolute Gasteiger partial charge is 0.472 e. The normalized spacial score (nSPS) is 32.1. The molecule has 212 valence electrons. The third kappa shape index (κ3) is 5.72. The lowest BCUT2D eigenvalue weighted by molar-refractivity contribution is -0.0683. The van der Waals surface area contributed by atoms with Gasteiger partial charge in [0.2, 0.25) is 5.82 Å². The van der Waals surface area contributed by atoms with Gasteiger partial charge in [0.25, 0.3) is 5.56 Å². The van der Waals surface area contributed by atoms with Gasteiger partial charge in [-0.1, -0.05) is 5.92 Å². The number of aliphatic hydroxyl groups is 3. The molecule has 1 unspecified atom stereocenters. The lowest BCUT2D eigenvalue weighted by atomic mass is 9.93. The molecule has 2 fully saturated rings. The molecule has 4 heterocycles. The first-order chi connectivity index (χ1) is 18.3. The molecule has 2 aromatic rings. The Bertz CT molecular complexity index is 1510. The molecule has 19 heteroatoms. The van der Waals surface area contributed by atoms with Crippen LogP contribution in [0.4, 0.5) is 10.2 Å². The van der Waals surface area contributed by atoms with Gasteiger partial charge in [-0.25, -0.2) is 14.2 Å². The van der Waals surface area contributed by atoms with E-state index in [1.807, 2.05) is 5.92 Å². The molecule has 0 spiro atoms. The average Bonchev–Trinajstić information content (AvgIpc) is 3.36. The van der Waals surface area contributed by atoms with Crippen LogP contribution in [0.1, 0.15) is 18.9 Å². The quantitative estimate of drug-likeness (QED) is 0.135. The molecule has 2 aromatic heterocycles. The number of aromatic amines is 1. The van der Waals surface area contributed by atoms with Crippen LogP contribution >= 0.6 is 7.82 Å². The van der Waals surface area contributed by atoms with E-state index in [1.165, 1.54) is 6.07 Å². The van der Waals surface area contributed by atoms with Gasteiger partial charge in [-0.2, -0.15) is 9.37 Å². The van der Waals surface area contributed by atoms with Crippen LogP contribution in [-0.4, -0.2) is 82.5 Å². The van der Waals surface area contributed by atoms with E-state index in [0.717, 1.165) is 10.8 Å². The van der Waals surface area contributed by atoms with Gasteiger partial charge in [-0.3, -0.25) is 28.0 Å². The molecule has 4 rings (SSSR count). The number of halogens is 1. The Morgan fingerprint density at radius 3 is 2.64 bits per heavy atom. The van der Waals surface area contributed by atoms with E-state index >= 15 is 0 Å². The maximum absolute atomic E-state index is 13.6. The number of terminal acetylenes is 1. The highest BCUT2D eigenvalue weighted by molar-refractivity contribution is 7.47. The van der Waals surface area contributed by atoms with E-state index in [2.05, 4.69) is 4.98 Å². The van der Waals surface area contributed by atoms with Crippen molar-refractivity contribution in [3.63, 3.8) is 0 Å². The number of aromatic nitrogens is 4. The lowest BCUT2D eigenvalue weighted by Crippen LogP contribution is -2.48. The molecule has 0 bridgehead atoms. The van der Waals surface area contributed by atoms with Crippen LogP contribution in [0.3, 0.4) is 0 Å². The van der Waals surface area contributed by atoms with E-state index < -0.39 is 86.3 Å². The number of nitrogen functional groups attached to an aromatic ring is 1. The second kappa shape index (κ2) is 10.7. The van der Waals surface area contributed by atoms with Crippen molar-refractivity contribution in [2.75, 3.05) is 18.9 Å². The fraction of sp³-hybridized carbons (Fsp3) is 0.500. The van der Waals surface area contributed by atoms with E-state index in [-0.39, 0.29) is 12.2 Å². The number of anilines is 1. The summed E-state index contributed by atoms with van der Waals surface area (Å²) < 4.78 is 48.0. The first kappa shape index (κ1) is 28.8. The van der Waals surface area contributed by atoms with Gasteiger partial charge in [0.1, 0.15) is 30.4 Å². The summed E-state index contributed by atoms with van der Waals surface area (Å²) in [6.07, 6.45) is -2.09. The second-order valence-electron chi connectivity index (χ2n) is 8.61. The van der Waals surface area contributed by atoms with Crippen LogP contribution < -0.4 is 22.7 Å². The number of aliphatic hydroxyl groups excluding tert-OH is 2. The molecule has 0 amide bonds. The van der Waals surface area contributed by atoms with Crippen molar-refractivity contribution in [1.82, 2.24) is 19.1 Å². The number of phosphoric ester groups is 1. The van der Waals surface area contributed by atoms with Gasteiger partial charge < -0.3 is 35.4 Å². The average molecular weight is 575 g/mol. The van der Waals surface area contributed by atoms with Crippen molar-refractivity contribution >= 4 is 13.6 Å². The Kier molecular flexibility index (Phi) is 7.91. The van der Waals surface area contributed by atoms with Crippen molar-refractivity contribution in [3.8, 4) is 12.3 Å². The van der Waals surface area contributed by atoms with Crippen LogP contribution in [0.25, 0.3) is 0 Å². The lowest BCUT2D eigenvalue weighted by Gasteiger charge is -2.25. The van der Waals surface area contributed by atoms with Crippen LogP contribution in [-0.2, 0) is 23.1 Å². The molecule has 2 aliphatic rings. The Morgan fingerprint density at radius 2 is 1.97 bits per heavy atom. The minimum absolute atomic E-state index is 0.116. The minimum Gasteiger partial charge on any atom is -0.390 e. The summed E-state index contributed by atoms with van der Waals surface area (Å²) in [5, 5.41) is 31.5. The van der Waals surface area contributed by atoms with Gasteiger partial charge >= 0.3 is 19.2 Å². The molecular weight excluding hydrogens is 552 g/mol. The standard InChI is InChI=1S/C20H23FN5O12P/c1-2-20(32)12(38-17(15(20)28)25-4-3-13(22)23-18(25)30)8-36-39(33,34)35-7-11-10(27)5-14(37-11)26-6-9(21)16(29)24-19(26)31/h1,3-4,6,10-12,14-15,17,27-28,32H,5,7-8H2,(H,33,34)(H2,22,23,30)(H,24,29,31)/t10-,11+,12+,14+,15-,17+,20+/m0/s1. The van der Waals surface area contributed by atoms with Gasteiger partial charge in [0.15, 0.2) is 11.8 Å². The van der Waals surface area contributed by atoms with Gasteiger partial charge in [-0.15, -0.1) is 6.42 Å². The summed E-state index contributed by atoms with van der Waals surface area (Å²) in [7, 11) is -4.94. The topological polar surface area (TPSA) is 251 Å². The van der Waals surface area contributed by atoms with Gasteiger partial charge in [0.05, 0.1) is 25.5 Å². The Hall–Kier alpha value is -3.24. The number of phosphoric acid groups is 1. The number of nitrogens with two attached hydrogens (primary N) is 1. The highest BCUT2D eigenvalue weighted by Crippen LogP contribution is 2.46. The predicted octanol–water partition coefficient (Wildman–Crippen LogP) is -3.08. The molecule has 8 atom stereocenters. The molecule has 2 saturated heterocycles. The van der Waals surface area contributed by atoms with E-state index in [4.69, 9.17) is 30.7 Å². The fourth-order valence-electron chi connectivity index (χ4n) is 4.01. The number of hydrogen-bond acceptors (Lipinski definition) is 13. The second-order valence-corrected chi connectivity index (χ2v) is 10.1. The third-order valence-electron chi connectivity index (χ3n) is 6.10. The fourth-order valence-corrected chi connectivity index (χ4v) is 4.75. The Labute approximate surface area is 216 Å². The number of ether oxygens (including phenoxy) is 2. The van der Waals surface area contributed by atoms with Gasteiger partial charge in [0, 0.05) is 12.6 Å². The van der Waals surface area contributed by atoms with Crippen molar-refractivity contribution in [2.24, 2.45) is 0 Å². The number of rotatable bonds is 8. The number of nitrogens with zero attached hydrogens (tertiary/aromatic N) is 3. The highest BCUT2D eigenvalue weighted by atomic mass is 31.2. The van der Waals surface area contributed by atoms with Crippen molar-refractivity contribution in [3.05, 3.63) is 55.6 Å². The Morgan fingerprint density at radius 1 is 1.28 bits per heavy atom. The number of H-pyrrole nitrogens is 1. The maximum Gasteiger partial charge on any atom is 0.472 e. The first-order valence-electron chi connectivity index (χ1n) is 11.1. The first-order valence-corrected chi connectivity index (χ1v) is 12.6. The van der Waals surface area contributed by atoms with Crippen molar-refractivity contribution in [2.45, 2.75) is 48.9 Å². The molecule has 0 saturated carbocycles. The van der Waals surface area contributed by atoms with Crippen LogP contribution in [0.2, 0.25) is 0 Å². The molecule has 7 N–H and O–H groups in total. The molecule has 0 radical (unpaired) electrons. The van der Waals surface area contributed by atoms with Crippen LogP contribution in [0, 0.1) is 18.2 Å². The van der Waals surface area contributed by atoms with Crippen LogP contribution in [0.5, 0.6) is 0 Å². The molecule has 0 aliphatic carbocycles. The summed E-state index contributed by atoms with van der Waals surface area (Å²) >= 11 is 0. The molecule has 2 aliphatic heterocycles. The summed E-state index contributed by atoms with van der Waals surface area (Å²) in [6, 6.07) is 1.22. The van der Waals surface area contributed by atoms with E-state index in [0.29, 0.717) is 10.8 Å². The third-order valence-corrected chi connectivity index (χ3v) is 7.05. The number of nitrogens with one attached hydrogen (secondary N) is 1. The van der Waals surface area contributed by atoms with E-state index in [9.17, 15) is 43.6 Å².